The Labute approximate surface area is 188 Å². The van der Waals surface area contributed by atoms with Crippen molar-refractivity contribution in [1.82, 2.24) is 20.1 Å². The van der Waals surface area contributed by atoms with Crippen LogP contribution in [0.5, 0.6) is 0 Å². The summed E-state index contributed by atoms with van der Waals surface area (Å²) in [6.45, 7) is 4.79. The number of aryl methyl sites for hydroxylation is 3. The van der Waals surface area contributed by atoms with Crippen LogP contribution < -0.4 is 10.0 Å². The Kier molecular flexibility index (Phi) is 6.27. The molecule has 168 valence electrons. The summed E-state index contributed by atoms with van der Waals surface area (Å²) in [6.07, 6.45) is 4.30. The molecule has 1 aliphatic heterocycles. The molecule has 0 aliphatic carbocycles. The average molecular weight is 454 g/mol. The van der Waals surface area contributed by atoms with E-state index in [1.165, 1.54) is 6.42 Å². The number of carbonyl (C=O) groups excluding carboxylic acids is 1. The van der Waals surface area contributed by atoms with Gasteiger partial charge >= 0.3 is 0 Å². The lowest BCUT2D eigenvalue weighted by atomic mass is 10.2. The molecule has 1 amide bonds. The first-order valence-corrected chi connectivity index (χ1v) is 12.2. The molecule has 4 rings (SSSR count). The van der Waals surface area contributed by atoms with E-state index in [2.05, 4.69) is 24.8 Å². The van der Waals surface area contributed by atoms with E-state index in [0.29, 0.717) is 23.4 Å². The molecule has 0 fully saturated rings. The number of fused-ring (bicyclic) bond motifs is 1. The number of amides is 1. The maximum atomic E-state index is 12.8. The average Bonchev–Trinajstić information content (AvgIpc) is 2.99. The molecule has 1 aromatic heterocycles. The van der Waals surface area contributed by atoms with E-state index in [0.717, 1.165) is 43.0 Å². The SMILES string of the molecule is Cc1ccc(C)c(S(=O)(=O)Nc2ccc(C(=O)NCc3nnc4n3CCCCC4)cc2)c1. The van der Waals surface area contributed by atoms with Gasteiger partial charge in [-0.2, -0.15) is 0 Å². The summed E-state index contributed by atoms with van der Waals surface area (Å²) in [7, 11) is -3.72. The largest absolute Gasteiger partial charge is 0.345 e. The molecule has 0 atom stereocenters. The van der Waals surface area contributed by atoms with Crippen LogP contribution in [0.2, 0.25) is 0 Å². The van der Waals surface area contributed by atoms with Gasteiger partial charge in [0.1, 0.15) is 5.82 Å². The summed E-state index contributed by atoms with van der Waals surface area (Å²) in [4.78, 5) is 12.8. The van der Waals surface area contributed by atoms with Crippen molar-refractivity contribution >= 4 is 21.6 Å². The Morgan fingerprint density at radius 2 is 1.81 bits per heavy atom. The van der Waals surface area contributed by atoms with E-state index in [-0.39, 0.29) is 10.8 Å². The number of hydrogen-bond donors (Lipinski definition) is 2. The van der Waals surface area contributed by atoms with Crippen molar-refractivity contribution in [1.29, 1.82) is 0 Å². The molecule has 9 heteroatoms. The minimum Gasteiger partial charge on any atom is -0.345 e. The fraction of sp³-hybridized carbons (Fsp3) is 0.348. The standard InChI is InChI=1S/C23H27N5O3S/c1-16-7-8-17(2)20(14-16)32(30,31)27-19-11-9-18(10-12-19)23(29)24-15-22-26-25-21-6-4-3-5-13-28(21)22/h7-12,14,27H,3-6,13,15H2,1-2H3,(H,24,29). The summed E-state index contributed by atoms with van der Waals surface area (Å²) in [6, 6.07) is 11.7. The van der Waals surface area contributed by atoms with Gasteiger partial charge in [-0.25, -0.2) is 8.42 Å². The monoisotopic (exact) mass is 453 g/mol. The lowest BCUT2D eigenvalue weighted by molar-refractivity contribution is 0.0949. The molecular formula is C23H27N5O3S. The zero-order valence-electron chi connectivity index (χ0n) is 18.3. The highest BCUT2D eigenvalue weighted by molar-refractivity contribution is 7.92. The van der Waals surface area contributed by atoms with E-state index in [1.807, 2.05) is 13.0 Å². The summed E-state index contributed by atoms with van der Waals surface area (Å²) >= 11 is 0. The zero-order valence-corrected chi connectivity index (χ0v) is 19.1. The van der Waals surface area contributed by atoms with Crippen molar-refractivity contribution in [2.24, 2.45) is 0 Å². The molecular weight excluding hydrogens is 426 g/mol. The van der Waals surface area contributed by atoms with Crippen LogP contribution in [-0.4, -0.2) is 29.1 Å². The van der Waals surface area contributed by atoms with Gasteiger partial charge in [-0.1, -0.05) is 18.6 Å². The maximum absolute atomic E-state index is 12.8. The zero-order chi connectivity index (χ0) is 22.7. The summed E-state index contributed by atoms with van der Waals surface area (Å²) < 4.78 is 30.2. The van der Waals surface area contributed by atoms with Gasteiger partial charge in [0.2, 0.25) is 0 Å². The van der Waals surface area contributed by atoms with Gasteiger partial charge in [-0.15, -0.1) is 10.2 Å². The first kappa shape index (κ1) is 22.0. The predicted octanol–water partition coefficient (Wildman–Crippen LogP) is 3.35. The van der Waals surface area contributed by atoms with Crippen molar-refractivity contribution in [2.75, 3.05) is 4.72 Å². The topological polar surface area (TPSA) is 106 Å². The molecule has 2 heterocycles. The van der Waals surface area contributed by atoms with Gasteiger partial charge in [-0.05, 0) is 68.1 Å². The first-order chi connectivity index (χ1) is 15.3. The number of sulfonamides is 1. The van der Waals surface area contributed by atoms with E-state index >= 15 is 0 Å². The van der Waals surface area contributed by atoms with Crippen molar-refractivity contribution in [3.8, 4) is 0 Å². The Bertz CT molecular complexity index is 1230. The molecule has 0 saturated heterocycles. The van der Waals surface area contributed by atoms with Gasteiger partial charge in [0.25, 0.3) is 15.9 Å². The highest BCUT2D eigenvalue weighted by Crippen LogP contribution is 2.21. The van der Waals surface area contributed by atoms with Crippen molar-refractivity contribution in [3.05, 3.63) is 70.8 Å². The predicted molar refractivity (Wildman–Crippen MR) is 122 cm³/mol. The van der Waals surface area contributed by atoms with Crippen LogP contribution >= 0.6 is 0 Å². The lowest BCUT2D eigenvalue weighted by Gasteiger charge is -2.12. The number of aromatic nitrogens is 3. The molecule has 2 aromatic carbocycles. The number of carbonyl (C=O) groups is 1. The summed E-state index contributed by atoms with van der Waals surface area (Å²) in [5.74, 6) is 1.49. The van der Waals surface area contributed by atoms with E-state index in [4.69, 9.17) is 0 Å². The first-order valence-electron chi connectivity index (χ1n) is 10.7. The normalized spacial score (nSPS) is 13.8. The minimum absolute atomic E-state index is 0.242. The van der Waals surface area contributed by atoms with E-state index in [1.54, 1.807) is 43.3 Å². The summed E-state index contributed by atoms with van der Waals surface area (Å²) in [5.41, 5.74) is 2.37. The second-order valence-electron chi connectivity index (χ2n) is 8.13. The second kappa shape index (κ2) is 9.12. The lowest BCUT2D eigenvalue weighted by Crippen LogP contribution is -2.25. The molecule has 0 radical (unpaired) electrons. The van der Waals surface area contributed by atoms with E-state index < -0.39 is 10.0 Å². The number of rotatable bonds is 6. The van der Waals surface area contributed by atoms with Crippen LogP contribution in [0.1, 0.15) is 52.4 Å². The Hall–Kier alpha value is -3.20. The number of anilines is 1. The van der Waals surface area contributed by atoms with Crippen LogP contribution in [0, 0.1) is 13.8 Å². The number of nitrogens with one attached hydrogen (secondary N) is 2. The third-order valence-corrected chi connectivity index (χ3v) is 7.15. The van der Waals surface area contributed by atoms with Crippen molar-refractivity contribution < 1.29 is 13.2 Å². The molecule has 0 spiro atoms. The van der Waals surface area contributed by atoms with Gasteiger partial charge in [0.15, 0.2) is 5.82 Å². The fourth-order valence-electron chi connectivity index (χ4n) is 3.83. The van der Waals surface area contributed by atoms with E-state index in [9.17, 15) is 13.2 Å². The number of hydrogen-bond acceptors (Lipinski definition) is 5. The Morgan fingerprint density at radius 1 is 1.03 bits per heavy atom. The Balaban J connectivity index is 1.41. The molecule has 0 saturated carbocycles. The van der Waals surface area contributed by atoms with Crippen LogP contribution in [0.15, 0.2) is 47.4 Å². The third kappa shape index (κ3) is 4.83. The number of nitrogens with zero attached hydrogens (tertiary/aromatic N) is 3. The molecule has 0 bridgehead atoms. The highest BCUT2D eigenvalue weighted by atomic mass is 32.2. The molecule has 8 nitrogen and oxygen atoms in total. The highest BCUT2D eigenvalue weighted by Gasteiger charge is 2.18. The summed E-state index contributed by atoms with van der Waals surface area (Å²) in [5, 5.41) is 11.3. The smallest absolute Gasteiger partial charge is 0.262 e. The maximum Gasteiger partial charge on any atom is 0.262 e. The van der Waals surface area contributed by atoms with Crippen LogP contribution in [0.4, 0.5) is 5.69 Å². The van der Waals surface area contributed by atoms with Crippen LogP contribution in [0.25, 0.3) is 0 Å². The minimum atomic E-state index is -3.72. The van der Waals surface area contributed by atoms with Gasteiger partial charge in [0.05, 0.1) is 11.4 Å². The van der Waals surface area contributed by atoms with Gasteiger partial charge < -0.3 is 9.88 Å². The van der Waals surface area contributed by atoms with Crippen LogP contribution in [0.3, 0.4) is 0 Å². The molecule has 0 unspecified atom stereocenters. The van der Waals surface area contributed by atoms with Crippen molar-refractivity contribution in [2.45, 2.75) is 57.5 Å². The van der Waals surface area contributed by atoms with Gasteiger partial charge in [0, 0.05) is 24.2 Å². The molecule has 2 N–H and O–H groups in total. The molecule has 32 heavy (non-hydrogen) atoms. The van der Waals surface area contributed by atoms with Crippen LogP contribution in [-0.2, 0) is 29.5 Å². The quantitative estimate of drug-likeness (QED) is 0.595. The van der Waals surface area contributed by atoms with Gasteiger partial charge in [-0.3, -0.25) is 9.52 Å². The third-order valence-electron chi connectivity index (χ3n) is 5.63. The second-order valence-corrected chi connectivity index (χ2v) is 9.78. The fourth-order valence-corrected chi connectivity index (χ4v) is 5.22. The molecule has 3 aromatic rings. The van der Waals surface area contributed by atoms with Crippen molar-refractivity contribution in [3.63, 3.8) is 0 Å². The number of benzene rings is 2. The Morgan fingerprint density at radius 3 is 2.59 bits per heavy atom. The molecule has 1 aliphatic rings.